The fourth-order valence-electron chi connectivity index (χ4n) is 2.60. The number of anilines is 1. The van der Waals surface area contributed by atoms with E-state index in [-0.39, 0.29) is 17.2 Å². The molecule has 1 aromatic carbocycles. The molecule has 20 heavy (non-hydrogen) atoms. The van der Waals surface area contributed by atoms with Crippen molar-refractivity contribution in [2.45, 2.75) is 32.1 Å². The lowest BCUT2D eigenvalue weighted by molar-refractivity contribution is 0.0697. The molecule has 6 heteroatoms. The molecule has 1 aliphatic rings. The van der Waals surface area contributed by atoms with Crippen molar-refractivity contribution in [3.63, 3.8) is 0 Å². The summed E-state index contributed by atoms with van der Waals surface area (Å²) >= 11 is 0. The monoisotopic (exact) mass is 297 g/mol. The maximum absolute atomic E-state index is 12.1. The lowest BCUT2D eigenvalue weighted by Gasteiger charge is -2.21. The van der Waals surface area contributed by atoms with Crippen molar-refractivity contribution in [1.29, 1.82) is 0 Å². The zero-order valence-corrected chi connectivity index (χ0v) is 12.0. The SMILES string of the molecule is O=C(O)c1cccc(NS(=O)(=O)CC2CCCCC2)c1. The molecule has 0 radical (unpaired) electrons. The van der Waals surface area contributed by atoms with Crippen LogP contribution in [0.15, 0.2) is 24.3 Å². The summed E-state index contributed by atoms with van der Waals surface area (Å²) in [7, 11) is -3.42. The Morgan fingerprint density at radius 2 is 1.95 bits per heavy atom. The van der Waals surface area contributed by atoms with Gasteiger partial charge < -0.3 is 5.11 Å². The second-order valence-corrected chi connectivity index (χ2v) is 7.04. The molecule has 0 unspecified atom stereocenters. The summed E-state index contributed by atoms with van der Waals surface area (Å²) < 4.78 is 26.7. The average Bonchev–Trinajstić information content (AvgIpc) is 2.39. The van der Waals surface area contributed by atoms with Gasteiger partial charge >= 0.3 is 5.97 Å². The Balaban J connectivity index is 2.03. The Hall–Kier alpha value is -1.56. The van der Waals surface area contributed by atoms with Crippen LogP contribution in [0.5, 0.6) is 0 Å². The summed E-state index contributed by atoms with van der Waals surface area (Å²) in [6.07, 6.45) is 5.28. The Labute approximate surface area is 119 Å². The summed E-state index contributed by atoms with van der Waals surface area (Å²) in [4.78, 5) is 10.9. The quantitative estimate of drug-likeness (QED) is 0.875. The van der Waals surface area contributed by atoms with Crippen molar-refractivity contribution >= 4 is 21.7 Å². The molecule has 0 atom stereocenters. The fourth-order valence-corrected chi connectivity index (χ4v) is 4.12. The van der Waals surface area contributed by atoms with Crippen molar-refractivity contribution in [2.75, 3.05) is 10.5 Å². The summed E-state index contributed by atoms with van der Waals surface area (Å²) in [6, 6.07) is 5.86. The van der Waals surface area contributed by atoms with E-state index < -0.39 is 16.0 Å². The third-order valence-electron chi connectivity index (χ3n) is 3.56. The normalized spacial score (nSPS) is 16.8. The zero-order valence-electron chi connectivity index (χ0n) is 11.2. The minimum Gasteiger partial charge on any atom is -0.478 e. The van der Waals surface area contributed by atoms with Crippen molar-refractivity contribution in [1.82, 2.24) is 0 Å². The van der Waals surface area contributed by atoms with Crippen LogP contribution in [0.1, 0.15) is 42.5 Å². The number of carboxylic acids is 1. The number of sulfonamides is 1. The fraction of sp³-hybridized carbons (Fsp3) is 0.500. The van der Waals surface area contributed by atoms with Gasteiger partial charge in [0.1, 0.15) is 0 Å². The minimum absolute atomic E-state index is 0.0721. The summed E-state index contributed by atoms with van der Waals surface area (Å²) in [5.41, 5.74) is 0.378. The molecule has 0 amide bonds. The molecule has 2 rings (SSSR count). The highest BCUT2D eigenvalue weighted by atomic mass is 32.2. The Kier molecular flexibility index (Phi) is 4.65. The van der Waals surface area contributed by atoms with Gasteiger partial charge in [-0.3, -0.25) is 4.72 Å². The van der Waals surface area contributed by atoms with Crippen LogP contribution in [0.4, 0.5) is 5.69 Å². The van der Waals surface area contributed by atoms with E-state index in [1.165, 1.54) is 24.6 Å². The van der Waals surface area contributed by atoms with Crippen molar-refractivity contribution in [3.8, 4) is 0 Å². The smallest absolute Gasteiger partial charge is 0.335 e. The van der Waals surface area contributed by atoms with Gasteiger partial charge in [-0.2, -0.15) is 0 Å². The van der Waals surface area contributed by atoms with Crippen molar-refractivity contribution in [2.24, 2.45) is 5.92 Å². The molecule has 0 aromatic heterocycles. The van der Waals surface area contributed by atoms with Crippen molar-refractivity contribution in [3.05, 3.63) is 29.8 Å². The number of carboxylic acid groups (broad SMARTS) is 1. The highest BCUT2D eigenvalue weighted by Gasteiger charge is 2.21. The number of nitrogens with one attached hydrogen (secondary N) is 1. The predicted molar refractivity (Wildman–Crippen MR) is 77.4 cm³/mol. The lowest BCUT2D eigenvalue weighted by Crippen LogP contribution is -2.24. The third kappa shape index (κ3) is 4.23. The van der Waals surface area contributed by atoms with Crippen molar-refractivity contribution < 1.29 is 18.3 Å². The van der Waals surface area contributed by atoms with Gasteiger partial charge in [0.25, 0.3) is 0 Å². The lowest BCUT2D eigenvalue weighted by atomic mass is 9.91. The topological polar surface area (TPSA) is 83.5 Å². The molecule has 1 saturated carbocycles. The van der Waals surface area contributed by atoms with E-state index in [4.69, 9.17) is 5.11 Å². The second kappa shape index (κ2) is 6.26. The number of hydrogen-bond donors (Lipinski definition) is 2. The Morgan fingerprint density at radius 3 is 2.60 bits per heavy atom. The van der Waals surface area contributed by atoms with E-state index in [2.05, 4.69) is 4.72 Å². The van der Waals surface area contributed by atoms with Gasteiger partial charge in [0.15, 0.2) is 0 Å². The first-order chi connectivity index (χ1) is 9.46. The summed E-state index contributed by atoms with van der Waals surface area (Å²) in [5.74, 6) is -0.744. The molecular formula is C14H19NO4S. The predicted octanol–water partition coefficient (Wildman–Crippen LogP) is 2.71. The van der Waals surface area contributed by atoms with Gasteiger partial charge in [-0.25, -0.2) is 13.2 Å². The standard InChI is InChI=1S/C14H19NO4S/c16-14(17)12-7-4-8-13(9-12)15-20(18,19)10-11-5-2-1-3-6-11/h4,7-9,11,15H,1-3,5-6,10H2,(H,16,17). The van der Waals surface area contributed by atoms with Gasteiger partial charge in [0, 0.05) is 5.69 Å². The highest BCUT2D eigenvalue weighted by molar-refractivity contribution is 7.92. The number of hydrogen-bond acceptors (Lipinski definition) is 3. The molecule has 2 N–H and O–H groups in total. The van der Waals surface area contributed by atoms with Crippen LogP contribution in [0, 0.1) is 5.92 Å². The maximum atomic E-state index is 12.1. The first-order valence-corrected chi connectivity index (χ1v) is 8.45. The molecule has 5 nitrogen and oxygen atoms in total. The summed E-state index contributed by atoms with van der Waals surface area (Å²) in [6.45, 7) is 0. The molecule has 1 aromatic rings. The number of rotatable bonds is 5. The van der Waals surface area contributed by atoms with Crippen LogP contribution >= 0.6 is 0 Å². The average molecular weight is 297 g/mol. The maximum Gasteiger partial charge on any atom is 0.335 e. The first kappa shape index (κ1) is 14.8. The molecule has 0 bridgehead atoms. The Bertz CT molecular complexity index is 577. The first-order valence-electron chi connectivity index (χ1n) is 6.80. The van der Waals surface area contributed by atoms with Gasteiger partial charge in [0.2, 0.25) is 10.0 Å². The number of aromatic carboxylic acids is 1. The van der Waals surface area contributed by atoms with Crippen LogP contribution < -0.4 is 4.72 Å². The van der Waals surface area contributed by atoms with Gasteiger partial charge in [-0.15, -0.1) is 0 Å². The largest absolute Gasteiger partial charge is 0.478 e. The minimum atomic E-state index is -3.42. The van der Waals surface area contributed by atoms with E-state index in [1.807, 2.05) is 0 Å². The number of carbonyl (C=O) groups is 1. The highest BCUT2D eigenvalue weighted by Crippen LogP contribution is 2.25. The third-order valence-corrected chi connectivity index (χ3v) is 5.02. The van der Waals surface area contributed by atoms with Crippen LogP contribution in [0.3, 0.4) is 0 Å². The van der Waals surface area contributed by atoms with Gasteiger partial charge in [0.05, 0.1) is 11.3 Å². The molecule has 0 saturated heterocycles. The molecule has 0 aliphatic heterocycles. The molecule has 0 heterocycles. The van der Waals surface area contributed by atoms with E-state index in [1.54, 1.807) is 6.07 Å². The van der Waals surface area contributed by atoms with E-state index in [0.29, 0.717) is 5.69 Å². The van der Waals surface area contributed by atoms with E-state index >= 15 is 0 Å². The molecular weight excluding hydrogens is 278 g/mol. The molecule has 0 spiro atoms. The van der Waals surface area contributed by atoms with Crippen LogP contribution in [0.2, 0.25) is 0 Å². The number of benzene rings is 1. The molecule has 1 fully saturated rings. The van der Waals surface area contributed by atoms with Crippen LogP contribution in [0.25, 0.3) is 0 Å². The second-order valence-electron chi connectivity index (χ2n) is 5.27. The summed E-state index contributed by atoms with van der Waals surface area (Å²) in [5, 5.41) is 8.89. The Morgan fingerprint density at radius 1 is 1.25 bits per heavy atom. The van der Waals surface area contributed by atoms with Gasteiger partial charge in [-0.05, 0) is 37.0 Å². The molecule has 110 valence electrons. The van der Waals surface area contributed by atoms with Crippen LogP contribution in [-0.4, -0.2) is 25.2 Å². The zero-order chi connectivity index (χ0) is 14.6. The van der Waals surface area contributed by atoms with E-state index in [0.717, 1.165) is 25.7 Å². The molecule has 1 aliphatic carbocycles. The van der Waals surface area contributed by atoms with Gasteiger partial charge in [-0.1, -0.05) is 25.3 Å². The van der Waals surface area contributed by atoms with E-state index in [9.17, 15) is 13.2 Å². The van der Waals surface area contributed by atoms with Crippen LogP contribution in [-0.2, 0) is 10.0 Å².